The zero-order valence-corrected chi connectivity index (χ0v) is 9.17. The van der Waals surface area contributed by atoms with E-state index < -0.39 is 0 Å². The van der Waals surface area contributed by atoms with Crippen LogP contribution in [0.1, 0.15) is 11.1 Å². The van der Waals surface area contributed by atoms with Gasteiger partial charge in [-0.1, -0.05) is 12.1 Å². The Labute approximate surface area is 85.9 Å². The lowest BCUT2D eigenvalue weighted by molar-refractivity contribution is 0.790. The number of hydrogen-bond donors (Lipinski definition) is 1. The van der Waals surface area contributed by atoms with Crippen molar-refractivity contribution >= 4 is 5.69 Å². The molecule has 0 radical (unpaired) electrons. The average Bonchev–Trinajstić information content (AvgIpc) is 2.89. The third-order valence-electron chi connectivity index (χ3n) is 2.83. The van der Waals surface area contributed by atoms with E-state index in [0.29, 0.717) is 6.04 Å². The zero-order valence-electron chi connectivity index (χ0n) is 9.17. The summed E-state index contributed by atoms with van der Waals surface area (Å²) in [7, 11) is 2.01. The predicted octanol–water partition coefficient (Wildman–Crippen LogP) is 1.71. The van der Waals surface area contributed by atoms with Crippen molar-refractivity contribution in [3.05, 3.63) is 29.3 Å². The monoisotopic (exact) mass is 190 g/mol. The number of likely N-dealkylation sites (N-methyl/N-ethyl adjacent to an activating group) is 1. The molecular formula is C12H18N2. The minimum Gasteiger partial charge on any atom is -0.363 e. The van der Waals surface area contributed by atoms with Gasteiger partial charge in [0.2, 0.25) is 0 Å². The van der Waals surface area contributed by atoms with E-state index in [0.717, 1.165) is 6.54 Å². The number of benzene rings is 1. The number of anilines is 1. The Balaban J connectivity index is 2.14. The van der Waals surface area contributed by atoms with Crippen molar-refractivity contribution in [1.29, 1.82) is 0 Å². The molecule has 1 unspecified atom stereocenters. The second kappa shape index (κ2) is 3.62. The van der Waals surface area contributed by atoms with Crippen LogP contribution in [0.5, 0.6) is 0 Å². The number of aryl methyl sites for hydroxylation is 2. The minimum absolute atomic E-state index is 0.709. The Morgan fingerprint density at radius 1 is 1.43 bits per heavy atom. The summed E-state index contributed by atoms with van der Waals surface area (Å²) in [5, 5.41) is 3.22. The first kappa shape index (κ1) is 9.53. The van der Waals surface area contributed by atoms with Gasteiger partial charge in [-0.3, -0.25) is 0 Å². The molecule has 1 N–H and O–H groups in total. The quantitative estimate of drug-likeness (QED) is 0.730. The molecule has 1 saturated heterocycles. The summed E-state index contributed by atoms with van der Waals surface area (Å²) >= 11 is 0. The third-order valence-corrected chi connectivity index (χ3v) is 2.83. The van der Waals surface area contributed by atoms with E-state index in [9.17, 15) is 0 Å². The van der Waals surface area contributed by atoms with Gasteiger partial charge in [0.15, 0.2) is 0 Å². The van der Waals surface area contributed by atoms with Crippen molar-refractivity contribution in [3.63, 3.8) is 0 Å². The Morgan fingerprint density at radius 2 is 2.21 bits per heavy atom. The fraction of sp³-hybridized carbons (Fsp3) is 0.500. The highest BCUT2D eigenvalue weighted by Crippen LogP contribution is 2.30. The van der Waals surface area contributed by atoms with Crippen molar-refractivity contribution < 1.29 is 0 Å². The molecule has 1 fully saturated rings. The molecule has 2 rings (SSSR count). The molecule has 0 amide bonds. The highest BCUT2D eigenvalue weighted by Gasteiger charge is 2.33. The van der Waals surface area contributed by atoms with Crippen LogP contribution in [-0.4, -0.2) is 26.2 Å². The van der Waals surface area contributed by atoms with E-state index in [2.05, 4.69) is 42.3 Å². The molecule has 0 spiro atoms. The van der Waals surface area contributed by atoms with E-state index in [1.54, 1.807) is 0 Å². The maximum atomic E-state index is 3.22. The molecule has 1 aliphatic heterocycles. The highest BCUT2D eigenvalue weighted by atomic mass is 15.3. The highest BCUT2D eigenvalue weighted by molar-refractivity contribution is 5.60. The molecule has 0 aliphatic carbocycles. The molecule has 1 aliphatic rings. The van der Waals surface area contributed by atoms with Crippen LogP contribution in [0, 0.1) is 13.8 Å². The Bertz CT molecular complexity index is 333. The molecule has 0 aromatic heterocycles. The number of rotatable bonds is 3. The lowest BCUT2D eigenvalue weighted by atomic mass is 10.1. The minimum atomic E-state index is 0.709. The Morgan fingerprint density at radius 3 is 2.93 bits per heavy atom. The molecule has 0 saturated carbocycles. The van der Waals surface area contributed by atoms with Crippen LogP contribution in [0.15, 0.2) is 18.2 Å². The summed E-state index contributed by atoms with van der Waals surface area (Å²) in [6.07, 6.45) is 0. The summed E-state index contributed by atoms with van der Waals surface area (Å²) in [5.74, 6) is 0. The van der Waals surface area contributed by atoms with Gasteiger partial charge in [0.1, 0.15) is 0 Å². The van der Waals surface area contributed by atoms with Crippen molar-refractivity contribution in [3.8, 4) is 0 Å². The van der Waals surface area contributed by atoms with E-state index >= 15 is 0 Å². The van der Waals surface area contributed by atoms with Gasteiger partial charge in [-0.15, -0.1) is 0 Å². The van der Waals surface area contributed by atoms with Gasteiger partial charge in [0.05, 0.1) is 6.04 Å². The topological polar surface area (TPSA) is 15.0 Å². The SMILES string of the molecule is CNCC1CN1c1cc(C)ccc1C. The van der Waals surface area contributed by atoms with E-state index in [-0.39, 0.29) is 0 Å². The first-order valence-electron chi connectivity index (χ1n) is 5.21. The second-order valence-electron chi connectivity index (χ2n) is 4.15. The van der Waals surface area contributed by atoms with Crippen LogP contribution in [-0.2, 0) is 0 Å². The third kappa shape index (κ3) is 1.75. The second-order valence-corrected chi connectivity index (χ2v) is 4.15. The molecule has 76 valence electrons. The first-order chi connectivity index (χ1) is 6.72. The van der Waals surface area contributed by atoms with Gasteiger partial charge >= 0.3 is 0 Å². The molecule has 1 aromatic rings. The maximum absolute atomic E-state index is 3.22. The van der Waals surface area contributed by atoms with Gasteiger partial charge in [-0.25, -0.2) is 0 Å². The lowest BCUT2D eigenvalue weighted by Crippen LogP contribution is -2.17. The molecule has 1 atom stereocenters. The van der Waals surface area contributed by atoms with Gasteiger partial charge in [0.25, 0.3) is 0 Å². The lowest BCUT2D eigenvalue weighted by Gasteiger charge is -2.10. The molecule has 1 aromatic carbocycles. The summed E-state index contributed by atoms with van der Waals surface area (Å²) < 4.78 is 0. The summed E-state index contributed by atoms with van der Waals surface area (Å²) in [5.41, 5.74) is 4.14. The van der Waals surface area contributed by atoms with Crippen molar-refractivity contribution in [2.24, 2.45) is 0 Å². The largest absolute Gasteiger partial charge is 0.363 e. The summed E-state index contributed by atoms with van der Waals surface area (Å²) in [6.45, 7) is 6.63. The van der Waals surface area contributed by atoms with Crippen LogP contribution >= 0.6 is 0 Å². The Hall–Kier alpha value is -1.02. The van der Waals surface area contributed by atoms with E-state index in [1.165, 1.54) is 23.4 Å². The molecule has 0 bridgehead atoms. The van der Waals surface area contributed by atoms with Gasteiger partial charge < -0.3 is 10.2 Å². The Kier molecular flexibility index (Phi) is 2.46. The molecular weight excluding hydrogens is 172 g/mol. The fourth-order valence-electron chi connectivity index (χ4n) is 1.91. The molecule has 14 heavy (non-hydrogen) atoms. The van der Waals surface area contributed by atoms with Gasteiger partial charge in [-0.05, 0) is 38.1 Å². The molecule has 1 heterocycles. The smallest absolute Gasteiger partial charge is 0.0590 e. The number of nitrogens with zero attached hydrogens (tertiary/aromatic N) is 1. The standard InChI is InChI=1S/C12H18N2/c1-9-4-5-10(2)12(6-9)14-8-11(14)7-13-3/h4-6,11,13H,7-8H2,1-3H3. The van der Waals surface area contributed by atoms with E-state index in [1.807, 2.05) is 7.05 Å². The molecule has 2 heteroatoms. The number of nitrogens with one attached hydrogen (secondary N) is 1. The zero-order chi connectivity index (χ0) is 10.1. The van der Waals surface area contributed by atoms with Crippen molar-refractivity contribution in [2.75, 3.05) is 25.0 Å². The number of hydrogen-bond acceptors (Lipinski definition) is 2. The average molecular weight is 190 g/mol. The normalized spacial score (nSPS) is 19.9. The van der Waals surface area contributed by atoms with Gasteiger partial charge in [0, 0.05) is 18.8 Å². The van der Waals surface area contributed by atoms with Crippen molar-refractivity contribution in [1.82, 2.24) is 5.32 Å². The summed E-state index contributed by atoms with van der Waals surface area (Å²) in [6, 6.07) is 7.38. The summed E-state index contributed by atoms with van der Waals surface area (Å²) in [4.78, 5) is 2.46. The first-order valence-corrected chi connectivity index (χ1v) is 5.21. The van der Waals surface area contributed by atoms with Crippen LogP contribution in [0.25, 0.3) is 0 Å². The van der Waals surface area contributed by atoms with Crippen LogP contribution < -0.4 is 10.2 Å². The predicted molar refractivity (Wildman–Crippen MR) is 61.0 cm³/mol. The van der Waals surface area contributed by atoms with Crippen LogP contribution in [0.3, 0.4) is 0 Å². The van der Waals surface area contributed by atoms with E-state index in [4.69, 9.17) is 0 Å². The van der Waals surface area contributed by atoms with Gasteiger partial charge in [-0.2, -0.15) is 0 Å². The maximum Gasteiger partial charge on any atom is 0.0590 e. The fourth-order valence-corrected chi connectivity index (χ4v) is 1.91. The molecule has 2 nitrogen and oxygen atoms in total. The van der Waals surface area contributed by atoms with Crippen LogP contribution in [0.4, 0.5) is 5.69 Å². The van der Waals surface area contributed by atoms with Crippen molar-refractivity contribution in [2.45, 2.75) is 19.9 Å². The van der Waals surface area contributed by atoms with Crippen LogP contribution in [0.2, 0.25) is 0 Å².